The van der Waals surface area contributed by atoms with Crippen molar-refractivity contribution in [3.05, 3.63) is 45.9 Å². The van der Waals surface area contributed by atoms with Crippen LogP contribution in [0.5, 0.6) is 0 Å². The summed E-state index contributed by atoms with van der Waals surface area (Å²) in [6.07, 6.45) is 0. The molecule has 66 valence electrons. The quantitative estimate of drug-likeness (QED) is 0.641. The van der Waals surface area contributed by atoms with E-state index in [1.807, 2.05) is 0 Å². The molecular weight excluding hydrogens is 224 g/mol. The van der Waals surface area contributed by atoms with Gasteiger partial charge >= 0.3 is 0 Å². The first kappa shape index (κ1) is 8.76. The van der Waals surface area contributed by atoms with Crippen LogP contribution in [0, 0.1) is 13.8 Å². The highest BCUT2D eigenvalue weighted by Crippen LogP contribution is 2.25. The van der Waals surface area contributed by atoms with Crippen LogP contribution in [-0.2, 0) is 0 Å². The molecule has 0 N–H and O–H groups in total. The molecule has 0 aliphatic carbocycles. The van der Waals surface area contributed by atoms with E-state index in [4.69, 9.17) is 0 Å². The zero-order valence-electron chi connectivity index (χ0n) is 7.76. The SMILES string of the molecule is Cc1ccc(C)c2cc(Br)ccc12. The Bertz CT molecular complexity index is 458. The van der Waals surface area contributed by atoms with Gasteiger partial charge in [-0.25, -0.2) is 0 Å². The topological polar surface area (TPSA) is 0 Å². The van der Waals surface area contributed by atoms with Gasteiger partial charge in [0, 0.05) is 4.47 Å². The molecule has 0 aliphatic rings. The predicted molar refractivity (Wildman–Crippen MR) is 61.1 cm³/mol. The molecular formula is C12H11Br. The summed E-state index contributed by atoms with van der Waals surface area (Å²) in [6.45, 7) is 4.30. The van der Waals surface area contributed by atoms with Crippen LogP contribution in [0.3, 0.4) is 0 Å². The molecule has 13 heavy (non-hydrogen) atoms. The minimum atomic E-state index is 1.15. The van der Waals surface area contributed by atoms with E-state index in [0.717, 1.165) is 4.47 Å². The second-order valence-corrected chi connectivity index (χ2v) is 4.30. The molecule has 2 aromatic carbocycles. The molecule has 0 spiro atoms. The molecule has 0 heterocycles. The summed E-state index contributed by atoms with van der Waals surface area (Å²) in [5.74, 6) is 0. The Labute approximate surface area is 86.7 Å². The van der Waals surface area contributed by atoms with E-state index in [-0.39, 0.29) is 0 Å². The fourth-order valence-electron chi connectivity index (χ4n) is 1.62. The highest BCUT2D eigenvalue weighted by Gasteiger charge is 2.00. The third-order valence-corrected chi connectivity index (χ3v) is 2.91. The van der Waals surface area contributed by atoms with Crippen molar-refractivity contribution in [1.82, 2.24) is 0 Å². The van der Waals surface area contributed by atoms with Gasteiger partial charge in [-0.2, -0.15) is 0 Å². The Morgan fingerprint density at radius 3 is 2.15 bits per heavy atom. The normalized spacial score (nSPS) is 10.7. The Morgan fingerprint density at radius 2 is 1.46 bits per heavy atom. The molecule has 0 unspecified atom stereocenters. The molecule has 0 saturated carbocycles. The number of rotatable bonds is 0. The highest BCUT2D eigenvalue weighted by molar-refractivity contribution is 9.10. The first-order chi connectivity index (χ1) is 6.18. The third kappa shape index (κ3) is 1.49. The van der Waals surface area contributed by atoms with Crippen molar-refractivity contribution in [3.8, 4) is 0 Å². The monoisotopic (exact) mass is 234 g/mol. The average Bonchev–Trinajstić information content (AvgIpc) is 2.12. The second kappa shape index (κ2) is 3.15. The Hall–Kier alpha value is -0.820. The molecule has 0 saturated heterocycles. The van der Waals surface area contributed by atoms with E-state index in [1.54, 1.807) is 0 Å². The summed E-state index contributed by atoms with van der Waals surface area (Å²) in [6, 6.07) is 10.8. The van der Waals surface area contributed by atoms with Gasteiger partial charge in [0.05, 0.1) is 0 Å². The van der Waals surface area contributed by atoms with Gasteiger partial charge in [0.2, 0.25) is 0 Å². The zero-order valence-corrected chi connectivity index (χ0v) is 9.35. The maximum absolute atomic E-state index is 3.49. The summed E-state index contributed by atoms with van der Waals surface area (Å²) in [7, 11) is 0. The van der Waals surface area contributed by atoms with Crippen molar-refractivity contribution in [2.24, 2.45) is 0 Å². The van der Waals surface area contributed by atoms with Gasteiger partial charge in [0.25, 0.3) is 0 Å². The first-order valence-electron chi connectivity index (χ1n) is 4.34. The number of benzene rings is 2. The van der Waals surface area contributed by atoms with E-state index in [1.165, 1.54) is 21.9 Å². The smallest absolute Gasteiger partial charge is 0.0181 e. The largest absolute Gasteiger partial charge is 0.0584 e. The van der Waals surface area contributed by atoms with Gasteiger partial charge in [0.1, 0.15) is 0 Å². The summed E-state index contributed by atoms with van der Waals surface area (Å²) in [5, 5.41) is 2.69. The molecule has 0 atom stereocenters. The maximum atomic E-state index is 3.49. The molecule has 2 aromatic rings. The average molecular weight is 235 g/mol. The minimum absolute atomic E-state index is 1.15. The van der Waals surface area contributed by atoms with Crippen molar-refractivity contribution >= 4 is 26.7 Å². The summed E-state index contributed by atoms with van der Waals surface area (Å²) in [5.41, 5.74) is 2.68. The number of hydrogen-bond acceptors (Lipinski definition) is 0. The van der Waals surface area contributed by atoms with Crippen LogP contribution in [-0.4, -0.2) is 0 Å². The number of halogens is 1. The lowest BCUT2D eigenvalue weighted by molar-refractivity contribution is 1.46. The molecule has 0 radical (unpaired) electrons. The van der Waals surface area contributed by atoms with Crippen LogP contribution in [0.4, 0.5) is 0 Å². The first-order valence-corrected chi connectivity index (χ1v) is 5.13. The molecule has 0 aliphatic heterocycles. The van der Waals surface area contributed by atoms with Gasteiger partial charge in [-0.3, -0.25) is 0 Å². The molecule has 2 rings (SSSR count). The third-order valence-electron chi connectivity index (χ3n) is 2.41. The van der Waals surface area contributed by atoms with Crippen molar-refractivity contribution in [3.63, 3.8) is 0 Å². The second-order valence-electron chi connectivity index (χ2n) is 3.39. The van der Waals surface area contributed by atoms with Crippen LogP contribution in [0.2, 0.25) is 0 Å². The lowest BCUT2D eigenvalue weighted by Gasteiger charge is -2.05. The maximum Gasteiger partial charge on any atom is 0.0181 e. The van der Waals surface area contributed by atoms with Crippen molar-refractivity contribution < 1.29 is 0 Å². The fourth-order valence-corrected chi connectivity index (χ4v) is 1.98. The van der Waals surface area contributed by atoms with E-state index in [2.05, 4.69) is 60.1 Å². The summed E-state index contributed by atoms with van der Waals surface area (Å²) < 4.78 is 1.15. The van der Waals surface area contributed by atoms with Crippen LogP contribution in [0.25, 0.3) is 10.8 Å². The molecule has 0 amide bonds. The van der Waals surface area contributed by atoms with Crippen molar-refractivity contribution in [2.75, 3.05) is 0 Å². The van der Waals surface area contributed by atoms with Crippen molar-refractivity contribution in [1.29, 1.82) is 0 Å². The minimum Gasteiger partial charge on any atom is -0.0584 e. The fraction of sp³-hybridized carbons (Fsp3) is 0.167. The van der Waals surface area contributed by atoms with Crippen molar-refractivity contribution in [2.45, 2.75) is 13.8 Å². The van der Waals surface area contributed by atoms with Gasteiger partial charge in [-0.15, -0.1) is 0 Å². The molecule has 1 heteroatoms. The lowest BCUT2D eigenvalue weighted by atomic mass is 10.0. The van der Waals surface area contributed by atoms with E-state index < -0.39 is 0 Å². The van der Waals surface area contributed by atoms with Gasteiger partial charge in [-0.05, 0) is 47.9 Å². The molecule has 0 aromatic heterocycles. The Balaban J connectivity index is 2.92. The van der Waals surface area contributed by atoms with Gasteiger partial charge < -0.3 is 0 Å². The van der Waals surface area contributed by atoms with Crippen LogP contribution >= 0.6 is 15.9 Å². The lowest BCUT2D eigenvalue weighted by Crippen LogP contribution is -1.82. The predicted octanol–water partition coefficient (Wildman–Crippen LogP) is 4.22. The standard InChI is InChI=1S/C12H11Br/c1-8-3-4-9(2)12-7-10(13)5-6-11(8)12/h3-7H,1-2H3. The molecule has 0 fully saturated rings. The van der Waals surface area contributed by atoms with Gasteiger partial charge in [0.15, 0.2) is 0 Å². The van der Waals surface area contributed by atoms with E-state index in [0.29, 0.717) is 0 Å². The van der Waals surface area contributed by atoms with Crippen LogP contribution in [0.1, 0.15) is 11.1 Å². The Kier molecular flexibility index (Phi) is 2.12. The highest BCUT2D eigenvalue weighted by atomic mass is 79.9. The number of fused-ring (bicyclic) bond motifs is 1. The van der Waals surface area contributed by atoms with Crippen LogP contribution < -0.4 is 0 Å². The number of aryl methyl sites for hydroxylation is 2. The van der Waals surface area contributed by atoms with E-state index >= 15 is 0 Å². The van der Waals surface area contributed by atoms with Crippen LogP contribution in [0.15, 0.2) is 34.8 Å². The molecule has 0 bridgehead atoms. The van der Waals surface area contributed by atoms with E-state index in [9.17, 15) is 0 Å². The summed E-state index contributed by atoms with van der Waals surface area (Å²) in [4.78, 5) is 0. The molecule has 0 nitrogen and oxygen atoms in total. The zero-order chi connectivity index (χ0) is 9.42. The van der Waals surface area contributed by atoms with Gasteiger partial charge in [-0.1, -0.05) is 34.1 Å². The summed E-state index contributed by atoms with van der Waals surface area (Å²) >= 11 is 3.49. The number of hydrogen-bond donors (Lipinski definition) is 0. The Morgan fingerprint density at radius 1 is 0.846 bits per heavy atom.